The van der Waals surface area contributed by atoms with E-state index in [1.165, 1.54) is 24.0 Å². The Labute approximate surface area is 93.0 Å². The van der Waals surface area contributed by atoms with E-state index < -0.39 is 22.2 Å². The van der Waals surface area contributed by atoms with Gasteiger partial charge in [-0.25, -0.2) is 8.42 Å². The van der Waals surface area contributed by atoms with Crippen LogP contribution in [0.5, 0.6) is 0 Å². The summed E-state index contributed by atoms with van der Waals surface area (Å²) in [4.78, 5) is 0. The second-order valence-corrected chi connectivity index (χ2v) is 5.63. The standard InChI is InChI=1S/C8H13N3O4S/c1-10-8(2-3-9-10)16(14,15)11-4-6(12)7(13)5-11/h2-3,6-7,12-13H,4-5H2,1H3. The number of rotatable bonds is 2. The van der Waals surface area contributed by atoms with Crippen molar-refractivity contribution in [2.45, 2.75) is 17.2 Å². The van der Waals surface area contributed by atoms with E-state index in [-0.39, 0.29) is 18.1 Å². The molecule has 1 aromatic heterocycles. The van der Waals surface area contributed by atoms with Crippen LogP contribution in [-0.2, 0) is 17.1 Å². The van der Waals surface area contributed by atoms with Crippen LogP contribution in [0.3, 0.4) is 0 Å². The van der Waals surface area contributed by atoms with Crippen molar-refractivity contribution in [2.75, 3.05) is 13.1 Å². The summed E-state index contributed by atoms with van der Waals surface area (Å²) in [6.45, 7) is -0.177. The van der Waals surface area contributed by atoms with Gasteiger partial charge in [0, 0.05) is 20.1 Å². The van der Waals surface area contributed by atoms with E-state index >= 15 is 0 Å². The average molecular weight is 247 g/mol. The lowest BCUT2D eigenvalue weighted by atomic mass is 10.3. The molecule has 0 aromatic carbocycles. The molecule has 0 aliphatic carbocycles. The number of aromatic nitrogens is 2. The molecule has 2 heterocycles. The molecule has 16 heavy (non-hydrogen) atoms. The van der Waals surface area contributed by atoms with Crippen molar-refractivity contribution in [1.29, 1.82) is 0 Å². The fourth-order valence-corrected chi connectivity index (χ4v) is 3.25. The van der Waals surface area contributed by atoms with Crippen LogP contribution >= 0.6 is 0 Å². The Morgan fingerprint density at radius 1 is 1.38 bits per heavy atom. The van der Waals surface area contributed by atoms with Gasteiger partial charge in [0.1, 0.15) is 0 Å². The fourth-order valence-electron chi connectivity index (χ4n) is 1.68. The van der Waals surface area contributed by atoms with Crippen molar-refractivity contribution < 1.29 is 18.6 Å². The Morgan fingerprint density at radius 3 is 2.38 bits per heavy atom. The first-order valence-electron chi connectivity index (χ1n) is 4.77. The van der Waals surface area contributed by atoms with E-state index in [1.54, 1.807) is 0 Å². The number of hydrogen-bond donors (Lipinski definition) is 2. The molecule has 0 saturated carbocycles. The third-order valence-corrected chi connectivity index (χ3v) is 4.51. The first kappa shape index (κ1) is 11.5. The minimum Gasteiger partial charge on any atom is -0.389 e. The highest BCUT2D eigenvalue weighted by molar-refractivity contribution is 7.89. The van der Waals surface area contributed by atoms with Crippen LogP contribution in [0.15, 0.2) is 17.3 Å². The van der Waals surface area contributed by atoms with Gasteiger partial charge in [-0.05, 0) is 6.07 Å². The van der Waals surface area contributed by atoms with Crippen molar-refractivity contribution >= 4 is 10.0 Å². The monoisotopic (exact) mass is 247 g/mol. The number of nitrogens with zero attached hydrogens (tertiary/aromatic N) is 3. The van der Waals surface area contributed by atoms with E-state index in [9.17, 15) is 18.6 Å². The summed E-state index contributed by atoms with van der Waals surface area (Å²) in [7, 11) is -2.15. The molecule has 2 N–H and O–H groups in total. The Bertz CT molecular complexity index is 473. The highest BCUT2D eigenvalue weighted by Crippen LogP contribution is 2.20. The predicted octanol–water partition coefficient (Wildman–Crippen LogP) is -1.85. The van der Waals surface area contributed by atoms with Crippen molar-refractivity contribution in [3.63, 3.8) is 0 Å². The molecule has 8 heteroatoms. The number of aliphatic hydroxyl groups excluding tert-OH is 2. The topological polar surface area (TPSA) is 95.7 Å². The number of aryl methyl sites for hydroxylation is 1. The van der Waals surface area contributed by atoms with Crippen LogP contribution in [0.1, 0.15) is 0 Å². The molecule has 2 rings (SSSR count). The van der Waals surface area contributed by atoms with Gasteiger partial charge < -0.3 is 10.2 Å². The highest BCUT2D eigenvalue weighted by Gasteiger charge is 2.38. The average Bonchev–Trinajstić information content (AvgIpc) is 2.75. The van der Waals surface area contributed by atoms with Crippen molar-refractivity contribution in [3.05, 3.63) is 12.3 Å². The first-order valence-corrected chi connectivity index (χ1v) is 6.21. The van der Waals surface area contributed by atoms with Crippen LogP contribution in [0.2, 0.25) is 0 Å². The number of hydrogen-bond acceptors (Lipinski definition) is 5. The lowest BCUT2D eigenvalue weighted by Gasteiger charge is -2.15. The van der Waals surface area contributed by atoms with Gasteiger partial charge in [-0.1, -0.05) is 0 Å². The highest BCUT2D eigenvalue weighted by atomic mass is 32.2. The van der Waals surface area contributed by atoms with Gasteiger partial charge in [0.2, 0.25) is 0 Å². The van der Waals surface area contributed by atoms with Gasteiger partial charge in [0.25, 0.3) is 10.0 Å². The van der Waals surface area contributed by atoms with Gasteiger partial charge in [0.05, 0.1) is 18.4 Å². The van der Waals surface area contributed by atoms with E-state index in [0.717, 1.165) is 4.31 Å². The molecule has 1 fully saturated rings. The predicted molar refractivity (Wildman–Crippen MR) is 54.0 cm³/mol. The number of β-amino-alcohol motifs (C(OH)–C–C–N with tert-alkyl or cyclic N) is 2. The van der Waals surface area contributed by atoms with Crippen molar-refractivity contribution in [2.24, 2.45) is 7.05 Å². The SMILES string of the molecule is Cn1nccc1S(=O)(=O)N1CC(O)C(O)C1. The second-order valence-electron chi connectivity index (χ2n) is 3.75. The Morgan fingerprint density at radius 2 is 1.94 bits per heavy atom. The maximum Gasteiger partial charge on any atom is 0.260 e. The van der Waals surface area contributed by atoms with Crippen LogP contribution in [-0.4, -0.2) is 58.0 Å². The molecular weight excluding hydrogens is 234 g/mol. The summed E-state index contributed by atoms with van der Waals surface area (Å²) in [5.74, 6) is 0. The zero-order valence-electron chi connectivity index (χ0n) is 8.68. The van der Waals surface area contributed by atoms with E-state index in [0.29, 0.717) is 0 Å². The van der Waals surface area contributed by atoms with Crippen LogP contribution in [0.4, 0.5) is 0 Å². The van der Waals surface area contributed by atoms with Crippen LogP contribution in [0.25, 0.3) is 0 Å². The lowest BCUT2D eigenvalue weighted by Crippen LogP contribution is -2.31. The molecule has 1 saturated heterocycles. The summed E-state index contributed by atoms with van der Waals surface area (Å²) in [6, 6.07) is 1.38. The molecule has 0 radical (unpaired) electrons. The van der Waals surface area contributed by atoms with Crippen LogP contribution < -0.4 is 0 Å². The molecule has 7 nitrogen and oxygen atoms in total. The van der Waals surface area contributed by atoms with E-state index in [2.05, 4.69) is 5.10 Å². The Hall–Kier alpha value is -0.960. The molecule has 90 valence electrons. The molecular formula is C8H13N3O4S. The third kappa shape index (κ3) is 1.73. The zero-order valence-corrected chi connectivity index (χ0v) is 9.50. The summed E-state index contributed by atoms with van der Waals surface area (Å²) in [6.07, 6.45) is -0.665. The lowest BCUT2D eigenvalue weighted by molar-refractivity contribution is 0.0572. The van der Waals surface area contributed by atoms with Crippen molar-refractivity contribution in [3.8, 4) is 0 Å². The fraction of sp³-hybridized carbons (Fsp3) is 0.625. The summed E-state index contributed by atoms with van der Waals surface area (Å²) in [5.41, 5.74) is 0. The zero-order chi connectivity index (χ0) is 11.9. The molecule has 0 amide bonds. The van der Waals surface area contributed by atoms with Gasteiger partial charge >= 0.3 is 0 Å². The molecule has 0 bridgehead atoms. The molecule has 1 aliphatic heterocycles. The largest absolute Gasteiger partial charge is 0.389 e. The molecule has 1 aromatic rings. The summed E-state index contributed by atoms with van der Waals surface area (Å²) in [5, 5.41) is 22.5. The van der Waals surface area contributed by atoms with Gasteiger partial charge in [-0.2, -0.15) is 9.40 Å². The normalized spacial score (nSPS) is 27.4. The summed E-state index contributed by atoms with van der Waals surface area (Å²) < 4.78 is 26.4. The minimum absolute atomic E-state index is 0.0498. The second kappa shape index (κ2) is 3.81. The van der Waals surface area contributed by atoms with E-state index in [1.807, 2.05) is 0 Å². The summed E-state index contributed by atoms with van der Waals surface area (Å²) >= 11 is 0. The maximum absolute atomic E-state index is 12.1. The number of sulfonamides is 1. The Kier molecular flexibility index (Phi) is 2.74. The van der Waals surface area contributed by atoms with E-state index in [4.69, 9.17) is 0 Å². The van der Waals surface area contributed by atoms with Gasteiger partial charge in [-0.15, -0.1) is 0 Å². The van der Waals surface area contributed by atoms with Gasteiger partial charge in [0.15, 0.2) is 5.03 Å². The maximum atomic E-state index is 12.1. The minimum atomic E-state index is -3.68. The van der Waals surface area contributed by atoms with Gasteiger partial charge in [-0.3, -0.25) is 4.68 Å². The number of aliphatic hydroxyl groups is 2. The third-order valence-electron chi connectivity index (χ3n) is 2.61. The molecule has 2 unspecified atom stereocenters. The van der Waals surface area contributed by atoms with Crippen molar-refractivity contribution in [1.82, 2.24) is 14.1 Å². The van der Waals surface area contributed by atoms with Crippen LogP contribution in [0, 0.1) is 0 Å². The Balaban J connectivity index is 2.31. The molecule has 2 atom stereocenters. The first-order chi connectivity index (χ1) is 7.43. The molecule has 0 spiro atoms. The smallest absolute Gasteiger partial charge is 0.260 e. The quantitative estimate of drug-likeness (QED) is 0.639. The molecule has 1 aliphatic rings.